The van der Waals surface area contributed by atoms with Crippen LogP contribution in [0, 0.1) is 0 Å². The van der Waals surface area contributed by atoms with Crippen molar-refractivity contribution in [3.8, 4) is 0 Å². The Labute approximate surface area is 124 Å². The number of unbranched alkanes of at least 4 members (excludes halogenated alkanes) is 4. The van der Waals surface area contributed by atoms with Gasteiger partial charge in [0.2, 0.25) is 0 Å². The van der Waals surface area contributed by atoms with Crippen LogP contribution in [0.3, 0.4) is 0 Å². The van der Waals surface area contributed by atoms with E-state index in [9.17, 15) is 0 Å². The Hall–Kier alpha value is 2.09. The fraction of sp³-hybridized carbons (Fsp3) is 1.00. The van der Waals surface area contributed by atoms with Crippen LogP contribution in [0.1, 0.15) is 52.4 Å². The van der Waals surface area contributed by atoms with Crippen molar-refractivity contribution in [3.63, 3.8) is 0 Å². The molecule has 0 radical (unpaired) electrons. The number of rotatable bonds is 6. The van der Waals surface area contributed by atoms with Crippen molar-refractivity contribution in [3.05, 3.63) is 0 Å². The van der Waals surface area contributed by atoms with Gasteiger partial charge in [0.1, 0.15) is 0 Å². The van der Waals surface area contributed by atoms with Gasteiger partial charge in [0.15, 0.2) is 0 Å². The van der Waals surface area contributed by atoms with E-state index < -0.39 is 0 Å². The van der Waals surface area contributed by atoms with E-state index in [0.29, 0.717) is 24.9 Å². The van der Waals surface area contributed by atoms with Crippen LogP contribution in [-0.4, -0.2) is 23.4 Å². The van der Waals surface area contributed by atoms with E-state index in [1.165, 1.54) is 12.8 Å². The first-order valence-corrected chi connectivity index (χ1v) is 15.5. The van der Waals surface area contributed by atoms with E-state index >= 15 is 0 Å². The van der Waals surface area contributed by atoms with Gasteiger partial charge in [0.25, 0.3) is 0 Å². The summed E-state index contributed by atoms with van der Waals surface area (Å²) in [6.45, 7) is 4.95. The topological polar surface area (TPSA) is 40.5 Å². The molecule has 0 aliphatic carbocycles. The van der Waals surface area contributed by atoms with Gasteiger partial charge in [0, 0.05) is 13.2 Å². The van der Waals surface area contributed by atoms with Crippen LogP contribution >= 0.6 is 38.4 Å². The fourth-order valence-corrected chi connectivity index (χ4v) is 0.724. The van der Waals surface area contributed by atoms with Crippen molar-refractivity contribution in [2.75, 3.05) is 13.2 Å². The zero-order valence-corrected chi connectivity index (χ0v) is 15.7. The molecule has 2 N–H and O–H groups in total. The molecule has 94 valence electrons. The summed E-state index contributed by atoms with van der Waals surface area (Å²) < 4.78 is 0. The number of halogens is 2. The van der Waals surface area contributed by atoms with Gasteiger partial charge in [-0.1, -0.05) is 39.5 Å². The molecule has 0 aliphatic heterocycles. The van der Waals surface area contributed by atoms with Crippen molar-refractivity contribution in [2.24, 2.45) is 0 Å². The first-order valence-electron chi connectivity index (χ1n) is 5.42. The van der Waals surface area contributed by atoms with Gasteiger partial charge in [-0.25, -0.2) is 0 Å². The molecule has 0 aromatic rings. The summed E-state index contributed by atoms with van der Waals surface area (Å²) in [7, 11) is 0. The predicted octanol–water partition coefficient (Wildman–Crippen LogP) is 4.11. The van der Waals surface area contributed by atoms with Crippen LogP contribution in [-0.2, 0) is 11.7 Å². The maximum atomic E-state index is 8.20. The molecular weight excluding hydrogens is 454 g/mol. The normalized spacial score (nSPS) is 8.13. The van der Waals surface area contributed by atoms with E-state index in [-0.39, 0.29) is 0 Å². The summed E-state index contributed by atoms with van der Waals surface area (Å²) >= 11 is 5.24. The molecule has 0 amide bonds. The molecule has 15 heavy (non-hydrogen) atoms. The maximum absolute atomic E-state index is 8.20. The van der Waals surface area contributed by atoms with Gasteiger partial charge in [-0.2, -0.15) is 0 Å². The molecule has 0 spiro atoms. The molecule has 2 nitrogen and oxygen atoms in total. The summed E-state index contributed by atoms with van der Waals surface area (Å²) in [4.78, 5) is 0. The van der Waals surface area contributed by atoms with Crippen LogP contribution in [0.4, 0.5) is 0 Å². The average Bonchev–Trinajstić information content (AvgIpc) is 2.25. The summed E-state index contributed by atoms with van der Waals surface area (Å²) in [5, 5.41) is 16.4. The minimum absolute atomic E-state index is 0.355. The number of aliphatic hydroxyl groups is 2. The van der Waals surface area contributed by atoms with E-state index in [1.54, 1.807) is 0 Å². The van der Waals surface area contributed by atoms with Crippen LogP contribution < -0.4 is 0 Å². The van der Waals surface area contributed by atoms with Gasteiger partial charge in [0.05, 0.1) is 0 Å². The Balaban J connectivity index is -0.000000153. The van der Waals surface area contributed by atoms with Gasteiger partial charge in [-0.15, -0.1) is 0 Å². The van der Waals surface area contributed by atoms with E-state index in [1.807, 2.05) is 0 Å². The quantitative estimate of drug-likeness (QED) is 0.343. The molecule has 0 fully saturated rings. The van der Waals surface area contributed by atoms with Gasteiger partial charge < -0.3 is 10.2 Å². The Bertz CT molecular complexity index is 62.4. The Morgan fingerprint density at radius 1 is 0.800 bits per heavy atom. The third-order valence-electron chi connectivity index (χ3n) is 1.52. The Kier molecular flexibility index (Phi) is 44.3. The van der Waals surface area contributed by atoms with Gasteiger partial charge in [-0.05, 0) is 12.8 Å². The van der Waals surface area contributed by atoms with E-state index in [2.05, 4.69) is 52.2 Å². The minimum atomic E-state index is 0.355. The number of hydrogen-bond acceptors (Lipinski definition) is 2. The van der Waals surface area contributed by atoms with Gasteiger partial charge in [-0.3, -0.25) is 0 Å². The molecule has 0 rings (SSSR count). The zero-order valence-electron chi connectivity index (χ0n) is 9.81. The average molecular weight is 478 g/mol. The van der Waals surface area contributed by atoms with Crippen LogP contribution in [0.5, 0.6) is 0 Å². The second-order valence-corrected chi connectivity index (χ2v) is 16.1. The van der Waals surface area contributed by atoms with E-state index in [0.717, 1.165) is 25.7 Å². The molecule has 0 aromatic carbocycles. The molecule has 0 bridgehead atoms. The SMILES string of the molecule is CCCCCO.CCCCCO.[I][Ti][I]. The molecule has 0 saturated heterocycles. The molecule has 5 heteroatoms. The third-order valence-corrected chi connectivity index (χ3v) is 1.52. The summed E-state index contributed by atoms with van der Waals surface area (Å²) in [6, 6.07) is 0. The van der Waals surface area contributed by atoms with Crippen molar-refractivity contribution in [1.29, 1.82) is 0 Å². The van der Waals surface area contributed by atoms with Crippen molar-refractivity contribution >= 4 is 38.4 Å². The first kappa shape index (κ1) is 22.3. The van der Waals surface area contributed by atoms with Crippen LogP contribution in [0.2, 0.25) is 0 Å². The fourth-order valence-electron chi connectivity index (χ4n) is 0.724. The second-order valence-electron chi connectivity index (χ2n) is 2.93. The summed E-state index contributed by atoms with van der Waals surface area (Å²) in [6.07, 6.45) is 6.65. The zero-order chi connectivity index (χ0) is 12.4. The molecule has 0 unspecified atom stereocenters. The second kappa shape index (κ2) is 29.8. The standard InChI is InChI=1S/2C5H12O.2HI.Ti/c2*1-2-3-4-5-6;;;/h2*6H,2-5H2,1H3;2*1H;/q;;;;+2/p-2. The van der Waals surface area contributed by atoms with Gasteiger partial charge >= 0.3 is 50.0 Å². The first-order chi connectivity index (χ1) is 7.24. The predicted molar refractivity (Wildman–Crippen MR) is 81.3 cm³/mol. The molecule has 0 aromatic heterocycles. The number of aliphatic hydroxyl groups excluding tert-OH is 2. The molecule has 0 atom stereocenters. The monoisotopic (exact) mass is 478 g/mol. The Morgan fingerprint density at radius 3 is 1.13 bits per heavy atom. The third kappa shape index (κ3) is 48.8. The van der Waals surface area contributed by atoms with Crippen LogP contribution in [0.25, 0.3) is 0 Å². The molecule has 0 aliphatic rings. The van der Waals surface area contributed by atoms with Crippen LogP contribution in [0.15, 0.2) is 0 Å². The molecule has 0 saturated carbocycles. The Morgan fingerprint density at radius 2 is 1.07 bits per heavy atom. The number of hydrogen-bond donors (Lipinski definition) is 2. The summed E-state index contributed by atoms with van der Waals surface area (Å²) in [5.41, 5.74) is 0. The molecule has 0 heterocycles. The summed E-state index contributed by atoms with van der Waals surface area (Å²) in [5.74, 6) is 0. The van der Waals surface area contributed by atoms with Crippen molar-refractivity contribution in [1.82, 2.24) is 0 Å². The molecular formula is C10H24I2O2Ti. The van der Waals surface area contributed by atoms with Crippen molar-refractivity contribution in [2.45, 2.75) is 52.4 Å². The van der Waals surface area contributed by atoms with E-state index in [4.69, 9.17) is 10.2 Å². The van der Waals surface area contributed by atoms with Crippen molar-refractivity contribution < 1.29 is 21.9 Å².